The Balaban J connectivity index is 2.43. The predicted molar refractivity (Wildman–Crippen MR) is 51.6 cm³/mol. The maximum atomic E-state index is 11.1. The van der Waals surface area contributed by atoms with Gasteiger partial charge in [-0.25, -0.2) is 4.98 Å². The van der Waals surface area contributed by atoms with Gasteiger partial charge in [-0.3, -0.25) is 9.36 Å². The van der Waals surface area contributed by atoms with Crippen LogP contribution < -0.4 is 16.0 Å². The van der Waals surface area contributed by atoms with E-state index in [1.54, 1.807) is 0 Å². The van der Waals surface area contributed by atoms with Crippen molar-refractivity contribution >= 4 is 13.9 Å². The number of ether oxygens (including phenoxy) is 1. The molecule has 0 aliphatic carbocycles. The highest BCUT2D eigenvalue weighted by Gasteiger charge is 1.94. The topological polar surface area (TPSA) is 93.2 Å². The SMILES string of the molecule is N[P+]([O-])=COCCn1cnccc1=O. The van der Waals surface area contributed by atoms with E-state index in [1.165, 1.54) is 23.2 Å². The van der Waals surface area contributed by atoms with Crippen LogP contribution in [-0.4, -0.2) is 22.1 Å². The Morgan fingerprint density at radius 1 is 1.79 bits per heavy atom. The van der Waals surface area contributed by atoms with Crippen LogP contribution in [0.5, 0.6) is 0 Å². The standard InChI is InChI=1S/C7H10N3O3P/c8-14(12)6-13-4-3-10-5-9-2-1-7(10)11/h1-2,5-6H,3-4,8H2. The van der Waals surface area contributed by atoms with Crippen LogP contribution in [0.2, 0.25) is 0 Å². The van der Waals surface area contributed by atoms with Gasteiger partial charge in [0.1, 0.15) is 0 Å². The van der Waals surface area contributed by atoms with Crippen molar-refractivity contribution in [2.24, 2.45) is 5.50 Å². The largest absolute Gasteiger partial charge is 0.612 e. The molecule has 0 spiro atoms. The van der Waals surface area contributed by atoms with Crippen molar-refractivity contribution in [3.05, 3.63) is 28.9 Å². The zero-order valence-electron chi connectivity index (χ0n) is 7.37. The van der Waals surface area contributed by atoms with Gasteiger partial charge in [0.2, 0.25) is 5.98 Å². The van der Waals surface area contributed by atoms with Crippen LogP contribution in [-0.2, 0) is 11.3 Å². The van der Waals surface area contributed by atoms with Crippen LogP contribution in [0.3, 0.4) is 0 Å². The molecule has 1 aromatic heterocycles. The smallest absolute Gasteiger partial charge is 0.253 e. The summed E-state index contributed by atoms with van der Waals surface area (Å²) in [5.41, 5.74) is 4.80. The second-order valence-electron chi connectivity index (χ2n) is 2.45. The van der Waals surface area contributed by atoms with Gasteiger partial charge in [-0.1, -0.05) is 0 Å². The van der Waals surface area contributed by atoms with E-state index in [1.807, 2.05) is 0 Å². The van der Waals surface area contributed by atoms with E-state index >= 15 is 0 Å². The molecule has 0 fully saturated rings. The van der Waals surface area contributed by atoms with Gasteiger partial charge in [-0.2, -0.15) is 5.50 Å². The monoisotopic (exact) mass is 215 g/mol. The fourth-order valence-corrected chi connectivity index (χ4v) is 1.08. The van der Waals surface area contributed by atoms with Crippen molar-refractivity contribution in [2.75, 3.05) is 6.61 Å². The summed E-state index contributed by atoms with van der Waals surface area (Å²) in [5, 5.41) is 0. The molecule has 76 valence electrons. The Kier molecular flexibility index (Phi) is 4.42. The number of nitrogens with zero attached hydrogens (tertiary/aromatic N) is 2. The molecule has 0 saturated carbocycles. The summed E-state index contributed by atoms with van der Waals surface area (Å²) in [6.07, 6.45) is 2.83. The summed E-state index contributed by atoms with van der Waals surface area (Å²) in [5.74, 6) is 1.05. The fourth-order valence-electron chi connectivity index (χ4n) is 0.824. The van der Waals surface area contributed by atoms with E-state index < -0.39 is 7.92 Å². The van der Waals surface area contributed by atoms with Gasteiger partial charge in [-0.15, -0.1) is 0 Å². The average molecular weight is 215 g/mol. The van der Waals surface area contributed by atoms with Gasteiger partial charge >= 0.3 is 0 Å². The Bertz CT molecular complexity index is 372. The normalized spacial score (nSPS) is 11.7. The third-order valence-electron chi connectivity index (χ3n) is 1.42. The van der Waals surface area contributed by atoms with E-state index in [9.17, 15) is 9.69 Å². The van der Waals surface area contributed by atoms with E-state index in [0.29, 0.717) is 6.54 Å². The molecule has 2 N–H and O–H groups in total. The number of rotatable bonds is 4. The lowest BCUT2D eigenvalue weighted by Gasteiger charge is -2.01. The number of nitrogens with two attached hydrogens (primary N) is 1. The fraction of sp³-hybridized carbons (Fsp3) is 0.286. The van der Waals surface area contributed by atoms with Gasteiger partial charge in [0, 0.05) is 12.3 Å². The van der Waals surface area contributed by atoms with Crippen molar-refractivity contribution in [3.63, 3.8) is 0 Å². The molecule has 0 amide bonds. The first kappa shape index (κ1) is 11.0. The third-order valence-corrected chi connectivity index (χ3v) is 1.78. The Hall–Kier alpha value is -1.07. The molecule has 6 nitrogen and oxygen atoms in total. The summed E-state index contributed by atoms with van der Waals surface area (Å²) in [6, 6.07) is 1.35. The second-order valence-corrected chi connectivity index (χ2v) is 3.38. The average Bonchev–Trinajstić information content (AvgIpc) is 2.15. The van der Waals surface area contributed by atoms with Crippen molar-refractivity contribution in [1.82, 2.24) is 9.55 Å². The first-order valence-corrected chi connectivity index (χ1v) is 5.26. The molecule has 1 aromatic rings. The summed E-state index contributed by atoms with van der Waals surface area (Å²) < 4.78 is 6.22. The summed E-state index contributed by atoms with van der Waals surface area (Å²) in [6.45, 7) is 0.593. The molecule has 1 heterocycles. The van der Waals surface area contributed by atoms with E-state index in [2.05, 4.69) is 4.98 Å². The van der Waals surface area contributed by atoms with Gasteiger partial charge in [0.15, 0.2) is 7.92 Å². The van der Waals surface area contributed by atoms with Crippen molar-refractivity contribution in [3.8, 4) is 0 Å². The van der Waals surface area contributed by atoms with Crippen molar-refractivity contribution in [2.45, 2.75) is 6.54 Å². The van der Waals surface area contributed by atoms with Crippen molar-refractivity contribution in [1.29, 1.82) is 0 Å². The van der Waals surface area contributed by atoms with Crippen LogP contribution in [0.15, 0.2) is 23.4 Å². The second kappa shape index (κ2) is 5.62. The van der Waals surface area contributed by atoms with Gasteiger partial charge in [0.25, 0.3) is 5.56 Å². The Morgan fingerprint density at radius 3 is 3.21 bits per heavy atom. The highest BCUT2D eigenvalue weighted by atomic mass is 31.1. The first-order chi connectivity index (χ1) is 6.70. The number of hydrogen-bond donors (Lipinski definition) is 1. The molecule has 7 heteroatoms. The first-order valence-electron chi connectivity index (χ1n) is 3.86. The van der Waals surface area contributed by atoms with Crippen molar-refractivity contribution < 1.29 is 9.63 Å². The van der Waals surface area contributed by atoms with Gasteiger partial charge < -0.3 is 9.63 Å². The van der Waals surface area contributed by atoms with Crippen LogP contribution in [0.1, 0.15) is 0 Å². The third kappa shape index (κ3) is 3.76. The molecule has 1 rings (SSSR count). The molecular weight excluding hydrogens is 205 g/mol. The number of aromatic nitrogens is 2. The Labute approximate surface area is 81.5 Å². The Morgan fingerprint density at radius 2 is 2.57 bits per heavy atom. The zero-order chi connectivity index (χ0) is 10.4. The van der Waals surface area contributed by atoms with Crippen LogP contribution in [0.4, 0.5) is 0 Å². The quantitative estimate of drug-likeness (QED) is 0.495. The molecule has 0 radical (unpaired) electrons. The predicted octanol–water partition coefficient (Wildman–Crippen LogP) is -1.35. The summed E-state index contributed by atoms with van der Waals surface area (Å²) >= 11 is 0. The minimum atomic E-state index is -1.89. The molecule has 1 unspecified atom stereocenters. The highest BCUT2D eigenvalue weighted by Crippen LogP contribution is 1.91. The van der Waals surface area contributed by atoms with Crippen LogP contribution >= 0.6 is 7.92 Å². The van der Waals surface area contributed by atoms with E-state index in [-0.39, 0.29) is 12.2 Å². The van der Waals surface area contributed by atoms with E-state index in [0.717, 1.165) is 5.98 Å². The molecule has 0 aliphatic heterocycles. The van der Waals surface area contributed by atoms with Crippen LogP contribution in [0, 0.1) is 0 Å². The highest BCUT2D eigenvalue weighted by molar-refractivity contribution is 7.46. The molecule has 0 aromatic carbocycles. The lowest BCUT2D eigenvalue weighted by Crippen LogP contribution is -2.21. The molecule has 1 atom stereocenters. The van der Waals surface area contributed by atoms with Crippen LogP contribution in [0.25, 0.3) is 0 Å². The molecule has 0 aliphatic rings. The molecule has 0 bridgehead atoms. The maximum absolute atomic E-state index is 11.1. The minimum Gasteiger partial charge on any atom is -0.612 e. The van der Waals surface area contributed by atoms with Gasteiger partial charge in [-0.05, 0) is 0 Å². The molecule has 14 heavy (non-hydrogen) atoms. The number of hydrogen-bond acceptors (Lipinski definition) is 5. The summed E-state index contributed by atoms with van der Waals surface area (Å²) in [4.78, 5) is 25.3. The molecule has 0 saturated heterocycles. The van der Waals surface area contributed by atoms with E-state index in [4.69, 9.17) is 10.2 Å². The lowest BCUT2D eigenvalue weighted by molar-refractivity contribution is -0.153. The zero-order valence-corrected chi connectivity index (χ0v) is 8.26. The molecular formula is C7H10N3O3P. The summed E-state index contributed by atoms with van der Waals surface area (Å²) in [7, 11) is -1.89. The lowest BCUT2D eigenvalue weighted by atomic mass is 10.6. The maximum Gasteiger partial charge on any atom is 0.253 e. The van der Waals surface area contributed by atoms with Gasteiger partial charge in [0.05, 0.1) is 19.5 Å². The minimum absolute atomic E-state index is 0.152.